The van der Waals surface area contributed by atoms with E-state index >= 15 is 0 Å². The highest BCUT2D eigenvalue weighted by Crippen LogP contribution is 2.25. The fourth-order valence-corrected chi connectivity index (χ4v) is 3.43. The van der Waals surface area contributed by atoms with Crippen LogP contribution in [0.2, 0.25) is 5.02 Å². The van der Waals surface area contributed by atoms with Crippen molar-refractivity contribution in [2.24, 2.45) is 0 Å². The van der Waals surface area contributed by atoms with Gasteiger partial charge in [-0.25, -0.2) is 0 Å². The van der Waals surface area contributed by atoms with Crippen molar-refractivity contribution in [2.75, 3.05) is 0 Å². The van der Waals surface area contributed by atoms with Crippen LogP contribution in [0.5, 0.6) is 0 Å². The van der Waals surface area contributed by atoms with Crippen LogP contribution in [0.4, 0.5) is 0 Å². The van der Waals surface area contributed by atoms with Gasteiger partial charge in [-0.1, -0.05) is 89.6 Å². The van der Waals surface area contributed by atoms with E-state index in [1.807, 2.05) is 78.9 Å². The van der Waals surface area contributed by atoms with E-state index in [1.165, 1.54) is 0 Å². The second kappa shape index (κ2) is 9.37. The van der Waals surface area contributed by atoms with Crippen LogP contribution in [0.3, 0.4) is 0 Å². The number of carbonyl (C=O) groups is 1. The van der Waals surface area contributed by atoms with Crippen molar-refractivity contribution in [1.82, 2.24) is 15.5 Å². The molecule has 4 aromatic rings. The highest BCUT2D eigenvalue weighted by molar-refractivity contribution is 6.33. The Balaban J connectivity index is 1.43. The van der Waals surface area contributed by atoms with Crippen LogP contribution in [-0.4, -0.2) is 16.0 Å². The van der Waals surface area contributed by atoms with Crippen LogP contribution in [0.1, 0.15) is 29.5 Å². The van der Waals surface area contributed by atoms with E-state index < -0.39 is 0 Å². The Kier molecular flexibility index (Phi) is 6.20. The Morgan fingerprint density at radius 1 is 0.900 bits per heavy atom. The highest BCUT2D eigenvalue weighted by atomic mass is 35.5. The number of hydrogen-bond donors (Lipinski definition) is 1. The quantitative estimate of drug-likeness (QED) is 0.447. The minimum Gasteiger partial charge on any atom is -0.345 e. The number of aromatic nitrogens is 2. The summed E-state index contributed by atoms with van der Waals surface area (Å²) in [7, 11) is 0. The molecule has 5 nitrogen and oxygen atoms in total. The van der Waals surface area contributed by atoms with Gasteiger partial charge in [-0.05, 0) is 23.3 Å². The molecule has 0 unspecified atom stereocenters. The Morgan fingerprint density at radius 3 is 2.13 bits per heavy atom. The molecule has 30 heavy (non-hydrogen) atoms. The lowest BCUT2D eigenvalue weighted by atomic mass is 9.98. The molecule has 0 saturated carbocycles. The summed E-state index contributed by atoms with van der Waals surface area (Å²) in [4.78, 5) is 17.0. The fourth-order valence-electron chi connectivity index (χ4n) is 3.21. The molecule has 0 spiro atoms. The van der Waals surface area contributed by atoms with E-state index in [9.17, 15) is 4.79 Å². The number of amides is 1. The van der Waals surface area contributed by atoms with Crippen molar-refractivity contribution in [3.05, 3.63) is 107 Å². The molecule has 0 saturated heterocycles. The van der Waals surface area contributed by atoms with E-state index in [0.717, 1.165) is 11.1 Å². The number of rotatable bonds is 7. The van der Waals surface area contributed by atoms with Crippen molar-refractivity contribution >= 4 is 17.5 Å². The lowest BCUT2D eigenvalue weighted by Gasteiger charge is -2.19. The van der Waals surface area contributed by atoms with E-state index in [4.69, 9.17) is 16.1 Å². The molecule has 1 amide bonds. The van der Waals surface area contributed by atoms with Gasteiger partial charge in [0.25, 0.3) is 0 Å². The maximum absolute atomic E-state index is 12.7. The predicted octanol–water partition coefficient (Wildman–Crippen LogP) is 5.23. The average Bonchev–Trinajstić information content (AvgIpc) is 3.26. The van der Waals surface area contributed by atoms with Gasteiger partial charge in [0.1, 0.15) is 0 Å². The zero-order valence-electron chi connectivity index (χ0n) is 16.2. The summed E-state index contributed by atoms with van der Waals surface area (Å²) in [5.41, 5.74) is 2.75. The summed E-state index contributed by atoms with van der Waals surface area (Å²) in [6.45, 7) is 0. The first-order valence-corrected chi connectivity index (χ1v) is 10.1. The Morgan fingerprint density at radius 2 is 1.50 bits per heavy atom. The second-order valence-electron chi connectivity index (χ2n) is 6.81. The first-order chi connectivity index (χ1) is 14.7. The molecular formula is C24H20ClN3O2. The maximum Gasteiger partial charge on any atom is 0.227 e. The molecule has 0 aliphatic rings. The van der Waals surface area contributed by atoms with Crippen LogP contribution >= 0.6 is 11.6 Å². The minimum absolute atomic E-state index is 0.0924. The van der Waals surface area contributed by atoms with Crippen molar-refractivity contribution in [3.63, 3.8) is 0 Å². The molecule has 6 heteroatoms. The number of carbonyl (C=O) groups excluding carboxylic acids is 1. The monoisotopic (exact) mass is 417 g/mol. The third-order valence-corrected chi connectivity index (χ3v) is 5.05. The van der Waals surface area contributed by atoms with Crippen LogP contribution in [0, 0.1) is 0 Å². The van der Waals surface area contributed by atoms with Crippen molar-refractivity contribution in [3.8, 4) is 11.4 Å². The normalized spacial score (nSPS) is 10.9. The molecule has 0 fully saturated rings. The van der Waals surface area contributed by atoms with Gasteiger partial charge >= 0.3 is 0 Å². The largest absolute Gasteiger partial charge is 0.345 e. The Hall–Kier alpha value is -3.44. The minimum atomic E-state index is -0.221. The van der Waals surface area contributed by atoms with Crippen LogP contribution < -0.4 is 5.32 Å². The second-order valence-corrected chi connectivity index (χ2v) is 7.22. The molecule has 150 valence electrons. The molecule has 3 aromatic carbocycles. The van der Waals surface area contributed by atoms with Gasteiger partial charge in [-0.15, -0.1) is 0 Å². The summed E-state index contributed by atoms with van der Waals surface area (Å²) in [5.74, 6) is 0.726. The standard InChI is InChI=1S/C24H20ClN3O2/c25-20-14-8-7-13-19(20)24-27-22(30-28-24)16-15-21(29)26-23(17-9-3-1-4-10-17)18-11-5-2-6-12-18/h1-14,23H,15-16H2,(H,26,29). The zero-order valence-corrected chi connectivity index (χ0v) is 16.9. The van der Waals surface area contributed by atoms with Gasteiger partial charge in [0.15, 0.2) is 0 Å². The SMILES string of the molecule is O=C(CCc1nc(-c2ccccc2Cl)no1)NC(c1ccccc1)c1ccccc1. The Bertz CT molecular complexity index is 1070. The van der Waals surface area contributed by atoms with Crippen LogP contribution in [-0.2, 0) is 11.2 Å². The highest BCUT2D eigenvalue weighted by Gasteiger charge is 2.18. The number of halogens is 1. The van der Waals surface area contributed by atoms with E-state index in [2.05, 4.69) is 15.5 Å². The molecule has 0 aliphatic heterocycles. The summed E-state index contributed by atoms with van der Waals surface area (Å²) in [5, 5.41) is 7.65. The zero-order chi connectivity index (χ0) is 20.8. The first-order valence-electron chi connectivity index (χ1n) is 9.67. The number of benzene rings is 3. The molecule has 1 heterocycles. The summed E-state index contributed by atoms with van der Waals surface area (Å²) in [6, 6.07) is 26.9. The molecule has 1 N–H and O–H groups in total. The molecule has 0 atom stereocenters. The van der Waals surface area contributed by atoms with E-state index in [1.54, 1.807) is 6.07 Å². The first kappa shape index (κ1) is 19.9. The topological polar surface area (TPSA) is 68.0 Å². The van der Waals surface area contributed by atoms with Crippen LogP contribution in [0.25, 0.3) is 11.4 Å². The maximum atomic E-state index is 12.7. The molecule has 0 aliphatic carbocycles. The molecule has 4 rings (SSSR count). The van der Waals surface area contributed by atoms with Gasteiger partial charge in [0, 0.05) is 18.4 Å². The van der Waals surface area contributed by atoms with Gasteiger partial charge in [0.2, 0.25) is 17.6 Å². The predicted molar refractivity (Wildman–Crippen MR) is 116 cm³/mol. The number of nitrogens with zero attached hydrogens (tertiary/aromatic N) is 2. The average molecular weight is 418 g/mol. The fraction of sp³-hybridized carbons (Fsp3) is 0.125. The van der Waals surface area contributed by atoms with Gasteiger partial charge in [0.05, 0.1) is 11.1 Å². The lowest BCUT2D eigenvalue weighted by molar-refractivity contribution is -0.121. The van der Waals surface area contributed by atoms with E-state index in [0.29, 0.717) is 28.7 Å². The summed E-state index contributed by atoms with van der Waals surface area (Å²) >= 11 is 6.18. The van der Waals surface area contributed by atoms with Crippen molar-refractivity contribution in [1.29, 1.82) is 0 Å². The number of nitrogens with one attached hydrogen (secondary N) is 1. The molecule has 0 bridgehead atoms. The summed E-state index contributed by atoms with van der Waals surface area (Å²) in [6.07, 6.45) is 0.583. The molecular weight excluding hydrogens is 398 g/mol. The third kappa shape index (κ3) is 4.75. The van der Waals surface area contributed by atoms with Crippen molar-refractivity contribution in [2.45, 2.75) is 18.9 Å². The number of hydrogen-bond acceptors (Lipinski definition) is 4. The Labute approximate surface area is 179 Å². The summed E-state index contributed by atoms with van der Waals surface area (Å²) < 4.78 is 5.30. The number of aryl methyl sites for hydroxylation is 1. The van der Waals surface area contributed by atoms with Crippen LogP contribution in [0.15, 0.2) is 89.5 Å². The van der Waals surface area contributed by atoms with Gasteiger partial charge in [-0.2, -0.15) is 4.98 Å². The van der Waals surface area contributed by atoms with Gasteiger partial charge in [-0.3, -0.25) is 4.79 Å². The molecule has 1 aromatic heterocycles. The van der Waals surface area contributed by atoms with Gasteiger partial charge < -0.3 is 9.84 Å². The molecule has 0 radical (unpaired) electrons. The third-order valence-electron chi connectivity index (χ3n) is 4.72. The van der Waals surface area contributed by atoms with E-state index in [-0.39, 0.29) is 18.4 Å². The lowest BCUT2D eigenvalue weighted by Crippen LogP contribution is -2.29. The van der Waals surface area contributed by atoms with Crippen molar-refractivity contribution < 1.29 is 9.32 Å². The smallest absolute Gasteiger partial charge is 0.227 e.